The molecule has 3 atom stereocenters. The summed E-state index contributed by atoms with van der Waals surface area (Å²) in [6.45, 7) is 0.627. The highest BCUT2D eigenvalue weighted by molar-refractivity contribution is 8.32. The second kappa shape index (κ2) is 4.59. The van der Waals surface area contributed by atoms with Gasteiger partial charge in [-0.15, -0.1) is 0 Å². The van der Waals surface area contributed by atoms with Gasteiger partial charge in [0.1, 0.15) is 0 Å². The van der Waals surface area contributed by atoms with Crippen LogP contribution < -0.4 is 0 Å². The summed E-state index contributed by atoms with van der Waals surface area (Å²) >= 11 is 0. The predicted molar refractivity (Wildman–Crippen MR) is 70.1 cm³/mol. The van der Waals surface area contributed by atoms with E-state index in [0.717, 1.165) is 30.4 Å². The molecule has 0 saturated heterocycles. The molecule has 0 aliphatic heterocycles. The van der Waals surface area contributed by atoms with Crippen LogP contribution in [0.4, 0.5) is 0 Å². The maximum atomic E-state index is 11.8. The monoisotopic (exact) mass is 244 g/mol. The minimum Gasteiger partial charge on any atom is -0.465 e. The van der Waals surface area contributed by atoms with E-state index in [1.807, 2.05) is 0 Å². The minimum atomic E-state index is -0.530. The molecule has 2 aliphatic rings. The third-order valence-corrected chi connectivity index (χ3v) is 5.21. The summed E-state index contributed by atoms with van der Waals surface area (Å²) in [6.07, 6.45) is 11.6. The molecule has 0 spiro atoms. The molecule has 0 unspecified atom stereocenters. The molecule has 2 nitrogen and oxygen atoms in total. The topological polar surface area (TPSA) is 26.3 Å². The summed E-state index contributed by atoms with van der Waals surface area (Å²) in [5, 5.41) is 0. The lowest BCUT2D eigenvalue weighted by molar-refractivity contribution is -0.149. The van der Waals surface area contributed by atoms with Gasteiger partial charge in [-0.05, 0) is 56.3 Å². The van der Waals surface area contributed by atoms with E-state index in [2.05, 4.69) is 18.8 Å². The van der Waals surface area contributed by atoms with Crippen molar-refractivity contribution < 1.29 is 9.53 Å². The SMILES string of the molecule is CS(C)(C)CCOC(=O)[C@H]1CC[C@@H]2C[C@@H]2C1. The van der Waals surface area contributed by atoms with E-state index in [-0.39, 0.29) is 11.9 Å². The maximum Gasteiger partial charge on any atom is 0.308 e. The fraction of sp³-hybridized carbons (Fsp3) is 0.923. The number of rotatable bonds is 4. The average Bonchev–Trinajstić information content (AvgIpc) is 2.92. The van der Waals surface area contributed by atoms with Crippen LogP contribution in [0.15, 0.2) is 0 Å². The van der Waals surface area contributed by atoms with Crippen molar-refractivity contribution >= 4 is 16.0 Å². The highest BCUT2D eigenvalue weighted by Crippen LogP contribution is 2.51. The molecule has 0 aromatic carbocycles. The fourth-order valence-corrected chi connectivity index (χ4v) is 3.16. The number of ether oxygens (including phenoxy) is 1. The van der Waals surface area contributed by atoms with Gasteiger partial charge in [-0.2, -0.15) is 0 Å². The molecule has 0 aromatic heterocycles. The van der Waals surface area contributed by atoms with Crippen LogP contribution in [0.25, 0.3) is 0 Å². The van der Waals surface area contributed by atoms with Crippen molar-refractivity contribution in [1.29, 1.82) is 0 Å². The summed E-state index contributed by atoms with van der Waals surface area (Å²) in [5.41, 5.74) is 0. The van der Waals surface area contributed by atoms with Crippen LogP contribution in [0.5, 0.6) is 0 Å². The Hall–Kier alpha value is -0.180. The molecule has 0 bridgehead atoms. The molecule has 2 rings (SSSR count). The highest BCUT2D eigenvalue weighted by Gasteiger charge is 2.44. The summed E-state index contributed by atoms with van der Waals surface area (Å²) < 4.78 is 5.41. The van der Waals surface area contributed by atoms with Crippen molar-refractivity contribution in [2.45, 2.75) is 25.7 Å². The molecule has 94 valence electrons. The number of esters is 1. The quantitative estimate of drug-likeness (QED) is 0.711. The van der Waals surface area contributed by atoms with Gasteiger partial charge >= 0.3 is 5.97 Å². The van der Waals surface area contributed by atoms with Gasteiger partial charge in [-0.25, -0.2) is 10.0 Å². The summed E-state index contributed by atoms with van der Waals surface area (Å²) in [7, 11) is -0.530. The number of hydrogen-bond acceptors (Lipinski definition) is 2. The molecule has 3 heteroatoms. The summed E-state index contributed by atoms with van der Waals surface area (Å²) in [5.74, 6) is 3.16. The second-order valence-electron chi connectivity index (χ2n) is 6.23. The Bertz CT molecular complexity index is 270. The van der Waals surface area contributed by atoms with Gasteiger partial charge in [0.2, 0.25) is 0 Å². The number of carbonyl (C=O) groups excluding carboxylic acids is 1. The third kappa shape index (κ3) is 3.41. The van der Waals surface area contributed by atoms with Crippen LogP contribution in [0, 0.1) is 17.8 Å². The highest BCUT2D eigenvalue weighted by atomic mass is 32.3. The van der Waals surface area contributed by atoms with Crippen LogP contribution in [-0.4, -0.2) is 37.1 Å². The molecule has 16 heavy (non-hydrogen) atoms. The predicted octanol–water partition coefficient (Wildman–Crippen LogP) is 2.66. The normalized spacial score (nSPS) is 34.1. The van der Waals surface area contributed by atoms with Gasteiger partial charge in [0.15, 0.2) is 0 Å². The number of carbonyl (C=O) groups is 1. The molecule has 0 amide bonds. The molecule has 2 aliphatic carbocycles. The largest absolute Gasteiger partial charge is 0.465 e. The zero-order valence-electron chi connectivity index (χ0n) is 10.7. The van der Waals surface area contributed by atoms with Crippen LogP contribution in [-0.2, 0) is 9.53 Å². The van der Waals surface area contributed by atoms with Crippen LogP contribution in [0.2, 0.25) is 0 Å². The van der Waals surface area contributed by atoms with Crippen molar-refractivity contribution in [1.82, 2.24) is 0 Å². The van der Waals surface area contributed by atoms with Gasteiger partial charge in [0.05, 0.1) is 12.5 Å². The van der Waals surface area contributed by atoms with E-state index in [0.29, 0.717) is 6.61 Å². The first-order valence-corrected chi connectivity index (χ1v) is 9.31. The van der Waals surface area contributed by atoms with E-state index in [4.69, 9.17) is 4.74 Å². The van der Waals surface area contributed by atoms with E-state index in [9.17, 15) is 4.79 Å². The Morgan fingerprint density at radius 2 is 1.94 bits per heavy atom. The first-order chi connectivity index (χ1) is 7.46. The Morgan fingerprint density at radius 1 is 1.19 bits per heavy atom. The smallest absolute Gasteiger partial charge is 0.308 e. The Balaban J connectivity index is 1.67. The average molecular weight is 244 g/mol. The zero-order chi connectivity index (χ0) is 11.8. The summed E-state index contributed by atoms with van der Waals surface area (Å²) in [6, 6.07) is 0. The molecule has 0 N–H and O–H groups in total. The molecule has 0 heterocycles. The number of fused-ring (bicyclic) bond motifs is 1. The second-order valence-corrected chi connectivity index (χ2v) is 10.8. The molecule has 2 saturated carbocycles. The van der Waals surface area contributed by atoms with E-state index in [1.54, 1.807) is 0 Å². The molecule has 0 aromatic rings. The molecular formula is C13H24O2S. The minimum absolute atomic E-state index is 0.0778. The van der Waals surface area contributed by atoms with Gasteiger partial charge in [0.25, 0.3) is 0 Å². The van der Waals surface area contributed by atoms with Gasteiger partial charge in [-0.1, -0.05) is 0 Å². The lowest BCUT2D eigenvalue weighted by atomic mass is 9.89. The van der Waals surface area contributed by atoms with Crippen LogP contribution in [0.3, 0.4) is 0 Å². The van der Waals surface area contributed by atoms with Crippen LogP contribution >= 0.6 is 10.0 Å². The first kappa shape index (κ1) is 12.3. The Labute approximate surface area is 100 Å². The van der Waals surface area contributed by atoms with Crippen molar-refractivity contribution in [3.63, 3.8) is 0 Å². The molecule has 2 fully saturated rings. The van der Waals surface area contributed by atoms with Gasteiger partial charge in [-0.3, -0.25) is 4.79 Å². The first-order valence-electron chi connectivity index (χ1n) is 6.28. The molecule has 0 radical (unpaired) electrons. The van der Waals surface area contributed by atoms with E-state index in [1.165, 1.54) is 12.8 Å². The zero-order valence-corrected chi connectivity index (χ0v) is 11.5. The van der Waals surface area contributed by atoms with E-state index < -0.39 is 10.0 Å². The molecular weight excluding hydrogens is 220 g/mol. The fourth-order valence-electron chi connectivity index (χ4n) is 2.58. The van der Waals surface area contributed by atoms with Gasteiger partial charge < -0.3 is 4.74 Å². The number of hydrogen-bond donors (Lipinski definition) is 0. The Morgan fingerprint density at radius 3 is 2.56 bits per heavy atom. The Kier molecular flexibility index (Phi) is 3.53. The summed E-state index contributed by atoms with van der Waals surface area (Å²) in [4.78, 5) is 11.8. The van der Waals surface area contributed by atoms with Crippen molar-refractivity contribution in [3.05, 3.63) is 0 Å². The van der Waals surface area contributed by atoms with Crippen molar-refractivity contribution in [2.24, 2.45) is 17.8 Å². The third-order valence-electron chi connectivity index (χ3n) is 3.82. The van der Waals surface area contributed by atoms with Gasteiger partial charge in [0, 0.05) is 5.75 Å². The van der Waals surface area contributed by atoms with Crippen LogP contribution in [0.1, 0.15) is 25.7 Å². The lowest BCUT2D eigenvalue weighted by Gasteiger charge is -2.25. The van der Waals surface area contributed by atoms with Crippen molar-refractivity contribution in [3.8, 4) is 0 Å². The van der Waals surface area contributed by atoms with Crippen molar-refractivity contribution in [2.75, 3.05) is 31.1 Å². The maximum absolute atomic E-state index is 11.8. The standard InChI is InChI=1S/C13H24O2S/c1-16(2,3)7-6-15-13(14)11-5-4-10-8-12(10)9-11/h10-12H,4-9H2,1-3H3/t10-,11+,12-/m1/s1. The lowest BCUT2D eigenvalue weighted by Crippen LogP contribution is -2.23. The van der Waals surface area contributed by atoms with E-state index >= 15 is 0 Å².